The molecule has 1 saturated heterocycles. The summed E-state index contributed by atoms with van der Waals surface area (Å²) >= 11 is 5.90. The number of hydrazine groups is 1. The van der Waals surface area contributed by atoms with E-state index in [4.69, 9.17) is 17.1 Å². The van der Waals surface area contributed by atoms with Crippen LogP contribution in [0.3, 0.4) is 0 Å². The molecule has 3 aromatic carbocycles. The van der Waals surface area contributed by atoms with Gasteiger partial charge in [0.25, 0.3) is 20.2 Å². The predicted molar refractivity (Wildman–Crippen MR) is 132 cm³/mol. The first kappa shape index (κ1) is 39.7. The number of phenolic OH excluding ortho intramolecular Hbond substituents is 1. The molecule has 3 aromatic rings. The molecular weight excluding hydrogens is 673 g/mol. The summed E-state index contributed by atoms with van der Waals surface area (Å²) in [4.78, 5) is -1.86. The first-order valence-electron chi connectivity index (χ1n) is 10.4. The van der Waals surface area contributed by atoms with Crippen molar-refractivity contribution in [1.29, 1.82) is 5.53 Å². The maximum atomic E-state index is 12.2. The summed E-state index contributed by atoms with van der Waals surface area (Å²) in [5.74, 6) is -0.736. The molecular formula is C19H17ClN6Na3O10S3+. The molecule has 1 fully saturated rings. The van der Waals surface area contributed by atoms with Crippen molar-refractivity contribution in [3.8, 4) is 5.75 Å². The van der Waals surface area contributed by atoms with Gasteiger partial charge in [0, 0.05) is 10.9 Å². The van der Waals surface area contributed by atoms with Gasteiger partial charge in [-0.2, -0.15) is 32.4 Å². The number of aromatic hydroxyl groups is 1. The third-order valence-electron chi connectivity index (χ3n) is 5.54. The van der Waals surface area contributed by atoms with Gasteiger partial charge in [-0.3, -0.25) is 14.5 Å². The van der Waals surface area contributed by atoms with Gasteiger partial charge in [-0.1, -0.05) is 18.2 Å². The van der Waals surface area contributed by atoms with Crippen molar-refractivity contribution in [3.63, 3.8) is 0 Å². The Morgan fingerprint density at radius 1 is 0.952 bits per heavy atom. The van der Waals surface area contributed by atoms with E-state index in [1.165, 1.54) is 18.2 Å². The van der Waals surface area contributed by atoms with Crippen molar-refractivity contribution in [1.82, 2.24) is 5.12 Å². The first-order chi connectivity index (χ1) is 18.0. The number of anilines is 1. The number of hydrogen-bond donors (Lipinski definition) is 5. The van der Waals surface area contributed by atoms with E-state index >= 15 is 0 Å². The summed E-state index contributed by atoms with van der Waals surface area (Å²) < 4.78 is 103. The summed E-state index contributed by atoms with van der Waals surface area (Å²) in [5, 5.41) is 11.4. The molecule has 5 N–H and O–H groups in total. The van der Waals surface area contributed by atoms with Gasteiger partial charge in [-0.25, -0.2) is 8.42 Å². The van der Waals surface area contributed by atoms with E-state index < -0.39 is 62.1 Å². The third kappa shape index (κ3) is 8.91. The number of aryl methyl sites for hydroxylation is 1. The summed E-state index contributed by atoms with van der Waals surface area (Å²) in [6, 6.07) is 7.80. The number of hydrogen-bond acceptors (Lipinski definition) is 11. The van der Waals surface area contributed by atoms with Crippen molar-refractivity contribution in [3.05, 3.63) is 64.6 Å². The molecule has 210 valence electrons. The van der Waals surface area contributed by atoms with Gasteiger partial charge in [0.15, 0.2) is 0 Å². The molecule has 0 saturated carbocycles. The van der Waals surface area contributed by atoms with E-state index in [-0.39, 0.29) is 123 Å². The number of halogens is 1. The fourth-order valence-electron chi connectivity index (χ4n) is 3.91. The second-order valence-electron chi connectivity index (χ2n) is 8.04. The Labute approximate surface area is 311 Å². The second-order valence-corrected chi connectivity index (χ2v) is 12.6. The van der Waals surface area contributed by atoms with Crippen LogP contribution in [0.2, 0.25) is 0 Å². The van der Waals surface area contributed by atoms with E-state index in [1.54, 1.807) is 0 Å². The fourth-order valence-corrected chi connectivity index (χ4v) is 6.26. The molecule has 1 atom stereocenters. The van der Waals surface area contributed by atoms with Gasteiger partial charge < -0.3 is 20.6 Å². The van der Waals surface area contributed by atoms with Crippen LogP contribution in [0.1, 0.15) is 11.1 Å². The topological polar surface area (TPSA) is 256 Å². The van der Waals surface area contributed by atoms with Crippen LogP contribution in [0, 0.1) is 5.53 Å². The molecule has 0 bridgehead atoms. The maximum Gasteiger partial charge on any atom is 1.00 e. The monoisotopic (exact) mass is 689 g/mol. The van der Waals surface area contributed by atoms with Crippen molar-refractivity contribution < 1.29 is 138 Å². The molecule has 42 heavy (non-hydrogen) atoms. The Balaban J connectivity index is 0.00000294. The number of nitrogens with zero attached hydrogens (tertiary/aromatic N) is 4. The number of benzene rings is 3. The van der Waals surface area contributed by atoms with Gasteiger partial charge in [-0.05, 0) is 48.1 Å². The molecule has 1 unspecified atom stereocenters. The van der Waals surface area contributed by atoms with Crippen LogP contribution in [0.25, 0.3) is 21.7 Å². The maximum absolute atomic E-state index is 12.2. The summed E-state index contributed by atoms with van der Waals surface area (Å²) in [6.07, 6.45) is -0.640. The van der Waals surface area contributed by atoms with Gasteiger partial charge in [0.2, 0.25) is 0 Å². The van der Waals surface area contributed by atoms with Crippen LogP contribution in [-0.2, 0) is 43.2 Å². The van der Waals surface area contributed by atoms with Crippen LogP contribution in [0.15, 0.2) is 57.2 Å². The number of phenols is 1. The smallest absolute Gasteiger partial charge is 0.744 e. The minimum absolute atomic E-state index is 0. The molecule has 0 spiro atoms. The van der Waals surface area contributed by atoms with Crippen LogP contribution < -0.4 is 94.1 Å². The number of nitrogens with one attached hydrogen (secondary N) is 2. The predicted octanol–water partition coefficient (Wildman–Crippen LogP) is -6.56. The largest absolute Gasteiger partial charge is 1.00 e. The number of alkyl halides is 1. The average Bonchev–Trinajstić information content (AvgIpc) is 3.12. The second kappa shape index (κ2) is 14.9. The minimum Gasteiger partial charge on any atom is -0.744 e. The van der Waals surface area contributed by atoms with Crippen molar-refractivity contribution in [2.24, 2.45) is 0 Å². The van der Waals surface area contributed by atoms with Gasteiger partial charge in [0.05, 0.1) is 10.6 Å². The quantitative estimate of drug-likeness (QED) is 0.0486. The Morgan fingerprint density at radius 3 is 2.05 bits per heavy atom. The van der Waals surface area contributed by atoms with E-state index in [9.17, 15) is 44.0 Å². The molecule has 0 radical (unpaired) electrons. The zero-order chi connectivity index (χ0) is 28.9. The summed E-state index contributed by atoms with van der Waals surface area (Å²) in [6.45, 7) is 0. The molecule has 4 rings (SSSR count). The van der Waals surface area contributed by atoms with Crippen LogP contribution in [0.4, 0.5) is 5.69 Å². The molecule has 0 aliphatic carbocycles. The van der Waals surface area contributed by atoms with Crippen molar-refractivity contribution in [2.45, 2.75) is 33.2 Å². The third-order valence-corrected chi connectivity index (χ3v) is 8.56. The van der Waals surface area contributed by atoms with Gasteiger partial charge in [-0.15, -0.1) is 11.6 Å². The van der Waals surface area contributed by atoms with Crippen LogP contribution >= 0.6 is 11.6 Å². The fraction of sp³-hybridized carbons (Fsp3) is 0.158. The molecule has 1 aliphatic heterocycles. The molecule has 1 aliphatic rings. The summed E-state index contributed by atoms with van der Waals surface area (Å²) in [5.41, 5.74) is 14.8. The number of rotatable bonds is 8. The Kier molecular flexibility index (Phi) is 14.1. The minimum atomic E-state index is -5.03. The van der Waals surface area contributed by atoms with Crippen molar-refractivity contribution in [2.75, 3.05) is 5.43 Å². The first-order valence-corrected chi connectivity index (χ1v) is 15.1. The van der Waals surface area contributed by atoms with Crippen LogP contribution in [-0.4, -0.2) is 59.7 Å². The standard InChI is InChI=1S/C19H18ClN6O10S3.3Na/c20-19-23-26(21)24-25(19)22-14-9-13-11(8-17(14)39(34,35)36)7-16(38(31,32)33)12(18(13)27)6-5-10-3-1-2-4-15(10)37(28,29)30;;;/h1-4,7-9,19H,5-6H2,(H6-2,21,22,23,24,27,28,29,30,31,32,33,34,35,36);;;/q-1;3*+1/p-1. The van der Waals surface area contributed by atoms with Gasteiger partial charge in [0.1, 0.15) is 31.3 Å². The van der Waals surface area contributed by atoms with E-state index in [2.05, 4.69) is 16.4 Å². The van der Waals surface area contributed by atoms with Crippen LogP contribution in [0.5, 0.6) is 5.75 Å². The Morgan fingerprint density at radius 2 is 1.52 bits per heavy atom. The zero-order valence-corrected chi connectivity index (χ0v) is 31.3. The van der Waals surface area contributed by atoms with Crippen molar-refractivity contribution >= 4 is 58.4 Å². The SMILES string of the molecule is N=[N+]1[N-]C(Cl)N(Nc2cc3c(O)c(CCc4ccccc4S(=O)(=O)[O-])c(S(=O)(=O)O)cc3cc2S(=O)(=O)O)[N-]1.[Na+].[Na+].[Na+]. The normalized spacial score (nSPS) is 15.5. The average molecular weight is 690 g/mol. The summed E-state index contributed by atoms with van der Waals surface area (Å²) in [7, 11) is -14.9. The van der Waals surface area contributed by atoms with Gasteiger partial charge >= 0.3 is 88.7 Å². The van der Waals surface area contributed by atoms with E-state index in [0.717, 1.165) is 29.4 Å². The number of fused-ring (bicyclic) bond motifs is 1. The molecule has 1 heterocycles. The Hall–Kier alpha value is -0.300. The van der Waals surface area contributed by atoms with E-state index in [0.29, 0.717) is 4.92 Å². The molecule has 0 amide bonds. The molecule has 23 heteroatoms. The Bertz CT molecular complexity index is 1850. The zero-order valence-electron chi connectivity index (χ0n) is 22.1. The molecule has 0 aromatic heterocycles. The molecule has 16 nitrogen and oxygen atoms in total. The van der Waals surface area contributed by atoms with E-state index in [1.807, 2.05) is 0 Å².